The number of benzene rings is 1. The van der Waals surface area contributed by atoms with Gasteiger partial charge in [0.1, 0.15) is 23.5 Å². The number of hydrogen-bond donors (Lipinski definition) is 1. The van der Waals surface area contributed by atoms with Crippen molar-refractivity contribution in [2.45, 2.75) is 32.7 Å². The fourth-order valence-corrected chi connectivity index (χ4v) is 5.94. The van der Waals surface area contributed by atoms with E-state index in [1.807, 2.05) is 11.3 Å². The average molecular weight is 380 g/mol. The van der Waals surface area contributed by atoms with Crippen LogP contribution in [0.3, 0.4) is 0 Å². The number of thiophene rings is 1. The van der Waals surface area contributed by atoms with Crippen molar-refractivity contribution in [3.05, 3.63) is 52.7 Å². The van der Waals surface area contributed by atoms with Gasteiger partial charge < -0.3 is 9.80 Å². The Balaban J connectivity index is 1.36. The number of nitrogens with zero attached hydrogens (tertiary/aromatic N) is 3. The first-order chi connectivity index (χ1) is 13.3. The molecule has 0 spiro atoms. The van der Waals surface area contributed by atoms with Crippen LogP contribution in [0.25, 0.3) is 10.2 Å². The van der Waals surface area contributed by atoms with E-state index in [9.17, 15) is 0 Å². The first-order valence-corrected chi connectivity index (χ1v) is 11.0. The molecule has 0 bridgehead atoms. The van der Waals surface area contributed by atoms with E-state index in [0.29, 0.717) is 0 Å². The summed E-state index contributed by atoms with van der Waals surface area (Å²) in [7, 11) is 0. The van der Waals surface area contributed by atoms with Crippen LogP contribution in [-0.4, -0.2) is 36.1 Å². The molecule has 140 valence electrons. The molecule has 2 aromatic heterocycles. The third-order valence-corrected chi connectivity index (χ3v) is 7.30. The molecular formula is C22H27N4S+. The zero-order valence-corrected chi connectivity index (χ0v) is 16.8. The highest BCUT2D eigenvalue weighted by Crippen LogP contribution is 2.40. The molecule has 1 aliphatic heterocycles. The molecule has 1 N–H and O–H groups in total. The lowest BCUT2D eigenvalue weighted by Gasteiger charge is -2.33. The Hall–Kier alpha value is -1.98. The number of aryl methyl sites for hydroxylation is 1. The molecule has 5 rings (SSSR count). The minimum absolute atomic E-state index is 0.798. The number of hydrogen-bond acceptors (Lipinski definition) is 4. The van der Waals surface area contributed by atoms with Crippen molar-refractivity contribution in [3.63, 3.8) is 0 Å². The number of quaternary nitrogens is 1. The van der Waals surface area contributed by atoms with Crippen LogP contribution in [0, 0.1) is 5.92 Å². The molecule has 2 aliphatic rings. The quantitative estimate of drug-likeness (QED) is 0.760. The first-order valence-electron chi connectivity index (χ1n) is 10.2. The van der Waals surface area contributed by atoms with E-state index in [4.69, 9.17) is 4.98 Å². The average Bonchev–Trinajstić information content (AvgIpc) is 3.07. The molecule has 0 amide bonds. The highest BCUT2D eigenvalue weighted by atomic mass is 32.1. The number of rotatable bonds is 3. The van der Waals surface area contributed by atoms with E-state index in [-0.39, 0.29) is 0 Å². The van der Waals surface area contributed by atoms with Crippen molar-refractivity contribution < 1.29 is 4.90 Å². The Morgan fingerprint density at radius 1 is 1.15 bits per heavy atom. The lowest BCUT2D eigenvalue weighted by molar-refractivity contribution is -0.914. The molecule has 27 heavy (non-hydrogen) atoms. The van der Waals surface area contributed by atoms with Crippen LogP contribution in [0.2, 0.25) is 0 Å². The summed E-state index contributed by atoms with van der Waals surface area (Å²) in [5.41, 5.74) is 2.98. The highest BCUT2D eigenvalue weighted by Gasteiger charge is 2.27. The first kappa shape index (κ1) is 17.1. The standard InChI is InChI=1S/C22H26N4S/c1-16-7-8-18-19(13-16)27-22-20(18)21(23-15-24-22)26-11-9-25(10-12-26)14-17-5-3-2-4-6-17/h2-6,15-16H,7-14H2,1H3/p+1/t16-/m1/s1. The van der Waals surface area contributed by atoms with Crippen LogP contribution in [0.5, 0.6) is 0 Å². The summed E-state index contributed by atoms with van der Waals surface area (Å²) >= 11 is 1.90. The molecular weight excluding hydrogens is 352 g/mol. The maximum Gasteiger partial charge on any atom is 0.141 e. The molecule has 1 aliphatic carbocycles. The summed E-state index contributed by atoms with van der Waals surface area (Å²) in [6.45, 7) is 7.99. The summed E-state index contributed by atoms with van der Waals surface area (Å²) < 4.78 is 0. The predicted octanol–water partition coefficient (Wildman–Crippen LogP) is 2.72. The van der Waals surface area contributed by atoms with Gasteiger partial charge in [0.05, 0.1) is 31.6 Å². The normalized spacial score (nSPS) is 20.8. The lowest BCUT2D eigenvalue weighted by atomic mass is 9.89. The third-order valence-electron chi connectivity index (χ3n) is 6.14. The van der Waals surface area contributed by atoms with Crippen molar-refractivity contribution >= 4 is 27.4 Å². The van der Waals surface area contributed by atoms with E-state index >= 15 is 0 Å². The fraction of sp³-hybridized carbons (Fsp3) is 0.455. The number of anilines is 1. The molecule has 3 aromatic rings. The topological polar surface area (TPSA) is 33.5 Å². The van der Waals surface area contributed by atoms with Gasteiger partial charge in [-0.2, -0.15) is 0 Å². The summed E-state index contributed by atoms with van der Waals surface area (Å²) in [4.78, 5) is 16.3. The Bertz CT molecular complexity index is 928. The molecule has 5 heteroatoms. The van der Waals surface area contributed by atoms with Gasteiger partial charge >= 0.3 is 0 Å². The van der Waals surface area contributed by atoms with Gasteiger partial charge in [-0.1, -0.05) is 37.3 Å². The summed E-state index contributed by atoms with van der Waals surface area (Å²) in [6.07, 6.45) is 5.47. The number of nitrogens with one attached hydrogen (secondary N) is 1. The van der Waals surface area contributed by atoms with Crippen LogP contribution in [0.15, 0.2) is 36.7 Å². The van der Waals surface area contributed by atoms with E-state index in [2.05, 4.69) is 47.1 Å². The van der Waals surface area contributed by atoms with Crippen molar-refractivity contribution in [1.29, 1.82) is 0 Å². The second-order valence-electron chi connectivity index (χ2n) is 8.13. The molecule has 1 atom stereocenters. The summed E-state index contributed by atoms with van der Waals surface area (Å²) in [6, 6.07) is 10.9. The van der Waals surface area contributed by atoms with Gasteiger partial charge in [-0.25, -0.2) is 9.97 Å². The van der Waals surface area contributed by atoms with E-state index in [0.717, 1.165) is 25.6 Å². The number of piperazine rings is 1. The second kappa shape index (κ2) is 7.21. The van der Waals surface area contributed by atoms with Gasteiger partial charge in [0.25, 0.3) is 0 Å². The van der Waals surface area contributed by atoms with Crippen LogP contribution in [-0.2, 0) is 19.4 Å². The molecule has 0 unspecified atom stereocenters. The van der Waals surface area contributed by atoms with Gasteiger partial charge in [0, 0.05) is 10.4 Å². The fourth-order valence-electron chi connectivity index (χ4n) is 4.59. The molecule has 1 aromatic carbocycles. The molecule has 1 fully saturated rings. The van der Waals surface area contributed by atoms with Crippen molar-refractivity contribution in [3.8, 4) is 0 Å². The Morgan fingerprint density at radius 3 is 2.78 bits per heavy atom. The van der Waals surface area contributed by atoms with Crippen LogP contribution >= 0.6 is 11.3 Å². The summed E-state index contributed by atoms with van der Waals surface area (Å²) in [5, 5.41) is 1.36. The van der Waals surface area contributed by atoms with E-state index in [1.165, 1.54) is 53.9 Å². The predicted molar refractivity (Wildman–Crippen MR) is 112 cm³/mol. The van der Waals surface area contributed by atoms with Crippen LogP contribution in [0.4, 0.5) is 5.82 Å². The molecule has 0 radical (unpaired) electrons. The van der Waals surface area contributed by atoms with Crippen LogP contribution < -0.4 is 9.80 Å². The SMILES string of the molecule is C[C@@H]1CCc2c(sc3ncnc(N4CC[NH+](Cc5ccccc5)CC4)c23)C1. The van der Waals surface area contributed by atoms with Gasteiger partial charge in [0.15, 0.2) is 0 Å². The molecule has 4 nitrogen and oxygen atoms in total. The maximum atomic E-state index is 4.75. The Labute approximate surface area is 164 Å². The molecule has 0 saturated carbocycles. The zero-order valence-electron chi connectivity index (χ0n) is 15.9. The molecule has 1 saturated heterocycles. The smallest absolute Gasteiger partial charge is 0.141 e. The third kappa shape index (κ3) is 3.34. The molecule has 3 heterocycles. The minimum Gasteiger partial charge on any atom is -0.345 e. The van der Waals surface area contributed by atoms with Gasteiger partial charge in [-0.05, 0) is 30.7 Å². The second-order valence-corrected chi connectivity index (χ2v) is 9.21. The van der Waals surface area contributed by atoms with Crippen LogP contribution in [0.1, 0.15) is 29.3 Å². The number of fused-ring (bicyclic) bond motifs is 3. The Morgan fingerprint density at radius 2 is 1.96 bits per heavy atom. The zero-order chi connectivity index (χ0) is 18.2. The monoisotopic (exact) mass is 379 g/mol. The number of aromatic nitrogens is 2. The van der Waals surface area contributed by atoms with Gasteiger partial charge in [-0.15, -0.1) is 11.3 Å². The van der Waals surface area contributed by atoms with E-state index < -0.39 is 0 Å². The largest absolute Gasteiger partial charge is 0.345 e. The van der Waals surface area contributed by atoms with Gasteiger partial charge in [0.2, 0.25) is 0 Å². The Kier molecular flexibility index (Phi) is 4.58. The minimum atomic E-state index is 0.798. The van der Waals surface area contributed by atoms with E-state index in [1.54, 1.807) is 21.7 Å². The maximum absolute atomic E-state index is 4.75. The summed E-state index contributed by atoms with van der Waals surface area (Å²) in [5.74, 6) is 1.98. The van der Waals surface area contributed by atoms with Crippen molar-refractivity contribution in [1.82, 2.24) is 9.97 Å². The van der Waals surface area contributed by atoms with Crippen molar-refractivity contribution in [2.24, 2.45) is 5.92 Å². The van der Waals surface area contributed by atoms with Crippen molar-refractivity contribution in [2.75, 3.05) is 31.1 Å². The lowest BCUT2D eigenvalue weighted by Crippen LogP contribution is -3.13. The van der Waals surface area contributed by atoms with Gasteiger partial charge in [-0.3, -0.25) is 0 Å². The highest BCUT2D eigenvalue weighted by molar-refractivity contribution is 7.19.